The standard InChI is InChI=1S/C27H52N2O6/c1-12-22-27(8,32)24(30)20(5)23(28-34-14-13-29(9)10)19(4)16-26(7,33-11)21(6)17(2)15-18(3)25(31)35-22/h17-22,24,30,32H,12-16H2,1-11H3/b28-23+/t17-,18+,19+,20-,21+,22+,24+,26+,27+/m0/s1. The van der Waals surface area contributed by atoms with Crippen LogP contribution in [0.25, 0.3) is 0 Å². The summed E-state index contributed by atoms with van der Waals surface area (Å²) in [7, 11) is 5.64. The van der Waals surface area contributed by atoms with Crippen molar-refractivity contribution >= 4 is 11.7 Å². The highest BCUT2D eigenvalue weighted by Crippen LogP contribution is 2.39. The van der Waals surface area contributed by atoms with Crippen molar-refractivity contribution in [3.05, 3.63) is 0 Å². The van der Waals surface area contributed by atoms with Crippen LogP contribution in [0.1, 0.15) is 74.7 Å². The van der Waals surface area contributed by atoms with Gasteiger partial charge in [-0.15, -0.1) is 0 Å². The number of aliphatic hydroxyl groups excluding tert-OH is 1. The molecule has 0 radical (unpaired) electrons. The van der Waals surface area contributed by atoms with Crippen molar-refractivity contribution in [3.63, 3.8) is 0 Å². The Morgan fingerprint density at radius 1 is 1.14 bits per heavy atom. The van der Waals surface area contributed by atoms with Crippen LogP contribution in [0.2, 0.25) is 0 Å². The highest BCUT2D eigenvalue weighted by atomic mass is 16.6. The van der Waals surface area contributed by atoms with Crippen molar-refractivity contribution in [1.82, 2.24) is 4.90 Å². The van der Waals surface area contributed by atoms with Crippen molar-refractivity contribution in [2.45, 2.75) is 98.1 Å². The highest BCUT2D eigenvalue weighted by Gasteiger charge is 2.47. The lowest BCUT2D eigenvalue weighted by molar-refractivity contribution is -0.186. The van der Waals surface area contributed by atoms with E-state index >= 15 is 0 Å². The van der Waals surface area contributed by atoms with E-state index in [0.717, 1.165) is 0 Å². The second-order valence-corrected chi connectivity index (χ2v) is 11.5. The lowest BCUT2D eigenvalue weighted by atomic mass is 9.71. The van der Waals surface area contributed by atoms with Gasteiger partial charge in [-0.05, 0) is 59.0 Å². The molecule has 0 unspecified atom stereocenters. The summed E-state index contributed by atoms with van der Waals surface area (Å²) in [6.07, 6.45) is -0.396. The molecule has 0 aliphatic carbocycles. The first-order chi connectivity index (χ1) is 16.1. The summed E-state index contributed by atoms with van der Waals surface area (Å²) in [5, 5.41) is 27.3. The zero-order chi connectivity index (χ0) is 27.1. The fraction of sp³-hybridized carbons (Fsp3) is 0.926. The molecule has 1 saturated heterocycles. The van der Waals surface area contributed by atoms with E-state index in [1.165, 1.54) is 6.92 Å². The van der Waals surface area contributed by atoms with Crippen molar-refractivity contribution in [1.29, 1.82) is 0 Å². The van der Waals surface area contributed by atoms with Crippen molar-refractivity contribution in [2.75, 3.05) is 34.4 Å². The minimum atomic E-state index is -1.67. The smallest absolute Gasteiger partial charge is 0.309 e. The molecule has 0 saturated carbocycles. The second-order valence-electron chi connectivity index (χ2n) is 11.5. The molecule has 0 amide bonds. The van der Waals surface area contributed by atoms with Crippen molar-refractivity contribution < 1.29 is 29.3 Å². The number of methoxy groups -OCH3 is 1. The monoisotopic (exact) mass is 500 g/mol. The summed E-state index contributed by atoms with van der Waals surface area (Å²) in [4.78, 5) is 20.6. The molecule has 0 aromatic rings. The Hall–Kier alpha value is -1.22. The third kappa shape index (κ3) is 8.14. The molecule has 0 bridgehead atoms. The molecule has 1 aliphatic rings. The average molecular weight is 501 g/mol. The highest BCUT2D eigenvalue weighted by molar-refractivity contribution is 5.88. The largest absolute Gasteiger partial charge is 0.459 e. The van der Waals surface area contributed by atoms with Crippen LogP contribution in [0.4, 0.5) is 0 Å². The quantitative estimate of drug-likeness (QED) is 0.325. The van der Waals surface area contributed by atoms with Crippen LogP contribution in [0, 0.1) is 29.6 Å². The van der Waals surface area contributed by atoms with Crippen LogP contribution >= 0.6 is 0 Å². The van der Waals surface area contributed by atoms with Crippen molar-refractivity contribution in [2.24, 2.45) is 34.7 Å². The van der Waals surface area contributed by atoms with Gasteiger partial charge in [-0.3, -0.25) is 4.79 Å². The topological polar surface area (TPSA) is 101 Å². The van der Waals surface area contributed by atoms with Crippen LogP contribution in [0.3, 0.4) is 0 Å². The van der Waals surface area contributed by atoms with E-state index in [1.54, 1.807) is 7.11 Å². The van der Waals surface area contributed by atoms with E-state index in [9.17, 15) is 15.0 Å². The van der Waals surface area contributed by atoms with Crippen LogP contribution < -0.4 is 0 Å². The second kappa shape index (κ2) is 13.4. The number of carbonyl (C=O) groups excluding carboxylic acids is 1. The Bertz CT molecular complexity index is 697. The molecule has 1 rings (SSSR count). The van der Waals surface area contributed by atoms with E-state index in [-0.39, 0.29) is 29.6 Å². The van der Waals surface area contributed by atoms with Gasteiger partial charge < -0.3 is 29.4 Å². The van der Waals surface area contributed by atoms with Gasteiger partial charge in [0.2, 0.25) is 0 Å². The number of aliphatic hydroxyl groups is 2. The van der Waals surface area contributed by atoms with Crippen LogP contribution in [0.5, 0.6) is 0 Å². The molecular weight excluding hydrogens is 448 g/mol. The Morgan fingerprint density at radius 2 is 1.74 bits per heavy atom. The fourth-order valence-electron chi connectivity index (χ4n) is 5.32. The van der Waals surface area contributed by atoms with Gasteiger partial charge in [-0.2, -0.15) is 0 Å². The van der Waals surface area contributed by atoms with Gasteiger partial charge in [0.15, 0.2) is 0 Å². The number of carbonyl (C=O) groups is 1. The van der Waals surface area contributed by atoms with E-state index in [1.807, 2.05) is 39.8 Å². The fourth-order valence-corrected chi connectivity index (χ4v) is 5.32. The number of rotatable bonds is 6. The Labute approximate surface area is 213 Å². The predicted molar refractivity (Wildman–Crippen MR) is 139 cm³/mol. The lowest BCUT2D eigenvalue weighted by Crippen LogP contribution is -2.56. The average Bonchev–Trinajstić information content (AvgIpc) is 2.79. The molecule has 1 aliphatic heterocycles. The molecule has 8 heteroatoms. The minimum absolute atomic E-state index is 0.0857. The molecule has 9 atom stereocenters. The molecule has 1 heterocycles. The first-order valence-electron chi connectivity index (χ1n) is 13.1. The zero-order valence-corrected chi connectivity index (χ0v) is 24.0. The van der Waals surface area contributed by atoms with Gasteiger partial charge in [0.25, 0.3) is 0 Å². The van der Waals surface area contributed by atoms with E-state index in [0.29, 0.717) is 38.1 Å². The predicted octanol–water partition coefficient (Wildman–Crippen LogP) is 3.73. The first-order valence-corrected chi connectivity index (χ1v) is 13.1. The summed E-state index contributed by atoms with van der Waals surface area (Å²) in [6.45, 7) is 16.6. The van der Waals surface area contributed by atoms with E-state index in [2.05, 4.69) is 32.9 Å². The number of esters is 1. The van der Waals surface area contributed by atoms with Gasteiger partial charge in [0, 0.05) is 25.5 Å². The summed E-state index contributed by atoms with van der Waals surface area (Å²) in [5.41, 5.74) is -1.50. The van der Waals surface area contributed by atoms with E-state index in [4.69, 9.17) is 14.3 Å². The number of nitrogens with zero attached hydrogens (tertiary/aromatic N) is 2. The number of likely N-dealkylation sites (N-methyl/N-ethyl adjacent to an activating group) is 1. The normalized spacial score (nSPS) is 41.5. The molecule has 8 nitrogen and oxygen atoms in total. The number of hydrogen-bond acceptors (Lipinski definition) is 8. The lowest BCUT2D eigenvalue weighted by Gasteiger charge is -2.43. The van der Waals surface area contributed by atoms with Gasteiger partial charge >= 0.3 is 5.97 Å². The van der Waals surface area contributed by atoms with Crippen LogP contribution in [-0.4, -0.2) is 84.6 Å². The SMILES string of the molecule is CC[C@H]1OC(=O)[C@H](C)C[C@H](C)[C@@H](C)[C@](C)(OC)C[C@@H](C)/C(=N\OCCN(C)C)[C@H](C)[C@@H](O)[C@]1(C)O. The maximum absolute atomic E-state index is 13.0. The molecular formula is C27H52N2O6. The molecule has 0 spiro atoms. The third-order valence-electron chi connectivity index (χ3n) is 8.25. The number of cyclic esters (lactones) is 1. The Kier molecular flexibility index (Phi) is 12.1. The maximum atomic E-state index is 13.0. The summed E-state index contributed by atoms with van der Waals surface area (Å²) >= 11 is 0. The van der Waals surface area contributed by atoms with Crippen LogP contribution in [0.15, 0.2) is 5.16 Å². The molecule has 0 aromatic heterocycles. The molecule has 2 N–H and O–H groups in total. The van der Waals surface area contributed by atoms with E-state index < -0.39 is 29.3 Å². The Balaban J connectivity index is 3.51. The third-order valence-corrected chi connectivity index (χ3v) is 8.25. The molecule has 1 fully saturated rings. The number of oxime groups is 1. The Morgan fingerprint density at radius 3 is 2.26 bits per heavy atom. The van der Waals surface area contributed by atoms with Gasteiger partial charge in [0.1, 0.15) is 18.3 Å². The van der Waals surface area contributed by atoms with Gasteiger partial charge in [-0.1, -0.05) is 46.7 Å². The van der Waals surface area contributed by atoms with Crippen LogP contribution in [-0.2, 0) is 19.1 Å². The minimum Gasteiger partial charge on any atom is -0.459 e. The molecule has 35 heavy (non-hydrogen) atoms. The van der Waals surface area contributed by atoms with Gasteiger partial charge in [0.05, 0.1) is 23.3 Å². The summed E-state index contributed by atoms with van der Waals surface area (Å²) < 4.78 is 11.8. The zero-order valence-electron chi connectivity index (χ0n) is 24.0. The summed E-state index contributed by atoms with van der Waals surface area (Å²) in [5.74, 6) is -0.983. The molecule has 206 valence electrons. The van der Waals surface area contributed by atoms with Gasteiger partial charge in [-0.25, -0.2) is 0 Å². The first kappa shape index (κ1) is 31.8. The number of ether oxygens (including phenoxy) is 2. The summed E-state index contributed by atoms with van der Waals surface area (Å²) in [6, 6.07) is 0. The van der Waals surface area contributed by atoms with Crippen molar-refractivity contribution in [3.8, 4) is 0 Å². The maximum Gasteiger partial charge on any atom is 0.309 e. The molecule has 0 aromatic carbocycles. The number of hydrogen-bond donors (Lipinski definition) is 2.